The summed E-state index contributed by atoms with van der Waals surface area (Å²) in [6.07, 6.45) is 0. The van der Waals surface area contributed by atoms with Gasteiger partial charge in [-0.25, -0.2) is 8.42 Å². The van der Waals surface area contributed by atoms with Crippen molar-refractivity contribution in [2.75, 3.05) is 4.72 Å². The van der Waals surface area contributed by atoms with E-state index in [4.69, 9.17) is 0 Å². The van der Waals surface area contributed by atoms with Crippen molar-refractivity contribution in [3.8, 4) is 0 Å². The third-order valence-electron chi connectivity index (χ3n) is 2.83. The maximum Gasteiger partial charge on any atom is 0.262 e. The lowest BCUT2D eigenvalue weighted by Gasteiger charge is -2.12. The maximum atomic E-state index is 12.4. The van der Waals surface area contributed by atoms with Crippen molar-refractivity contribution in [3.63, 3.8) is 0 Å². The molecule has 0 bridgehead atoms. The first kappa shape index (κ1) is 14.1. The van der Waals surface area contributed by atoms with Gasteiger partial charge in [-0.1, -0.05) is 40.2 Å². The van der Waals surface area contributed by atoms with E-state index in [1.807, 2.05) is 25.1 Å². The average molecular weight is 340 g/mol. The summed E-state index contributed by atoms with van der Waals surface area (Å²) in [7, 11) is -3.55. The van der Waals surface area contributed by atoms with Crippen molar-refractivity contribution >= 4 is 31.6 Å². The summed E-state index contributed by atoms with van der Waals surface area (Å²) < 4.78 is 28.2. The Bertz CT molecular complexity index is 711. The number of benzene rings is 2. The van der Waals surface area contributed by atoms with E-state index in [0.29, 0.717) is 10.6 Å². The molecule has 3 nitrogen and oxygen atoms in total. The number of nitrogens with one attached hydrogen (secondary N) is 1. The molecule has 0 unspecified atom stereocenters. The zero-order valence-electron chi connectivity index (χ0n) is 10.6. The van der Waals surface area contributed by atoms with E-state index in [2.05, 4.69) is 20.7 Å². The molecular formula is C14H14BrNO2S. The lowest BCUT2D eigenvalue weighted by molar-refractivity contribution is 0.600. The SMILES string of the molecule is Cc1ccc(Br)cc1NS(=O)(=O)c1ccccc1C. The molecule has 2 rings (SSSR count). The van der Waals surface area contributed by atoms with E-state index in [-0.39, 0.29) is 0 Å². The van der Waals surface area contributed by atoms with Crippen LogP contribution in [0.5, 0.6) is 0 Å². The van der Waals surface area contributed by atoms with Gasteiger partial charge in [0.1, 0.15) is 0 Å². The van der Waals surface area contributed by atoms with Crippen LogP contribution in [0.1, 0.15) is 11.1 Å². The second-order valence-corrected chi connectivity index (χ2v) is 6.90. The summed E-state index contributed by atoms with van der Waals surface area (Å²) in [6.45, 7) is 3.64. The van der Waals surface area contributed by atoms with Crippen molar-refractivity contribution in [2.24, 2.45) is 0 Å². The lowest BCUT2D eigenvalue weighted by atomic mass is 10.2. The zero-order valence-corrected chi connectivity index (χ0v) is 13.0. The molecule has 0 amide bonds. The third-order valence-corrected chi connectivity index (χ3v) is 4.85. The monoisotopic (exact) mass is 339 g/mol. The molecule has 5 heteroatoms. The van der Waals surface area contributed by atoms with Gasteiger partial charge in [0.25, 0.3) is 10.0 Å². The van der Waals surface area contributed by atoms with Gasteiger partial charge in [-0.3, -0.25) is 4.72 Å². The van der Waals surface area contributed by atoms with Crippen LogP contribution in [0.4, 0.5) is 5.69 Å². The quantitative estimate of drug-likeness (QED) is 0.922. The Balaban J connectivity index is 2.43. The molecular weight excluding hydrogens is 326 g/mol. The van der Waals surface area contributed by atoms with Gasteiger partial charge in [-0.2, -0.15) is 0 Å². The van der Waals surface area contributed by atoms with E-state index in [1.54, 1.807) is 31.2 Å². The van der Waals surface area contributed by atoms with E-state index in [0.717, 1.165) is 15.6 Å². The van der Waals surface area contributed by atoms with Gasteiger partial charge in [0.2, 0.25) is 0 Å². The van der Waals surface area contributed by atoms with Crippen LogP contribution < -0.4 is 4.72 Å². The molecule has 0 atom stereocenters. The smallest absolute Gasteiger partial charge is 0.262 e. The van der Waals surface area contributed by atoms with E-state index in [1.165, 1.54) is 0 Å². The summed E-state index contributed by atoms with van der Waals surface area (Å²) in [5.41, 5.74) is 2.18. The summed E-state index contributed by atoms with van der Waals surface area (Å²) in [6, 6.07) is 12.4. The van der Waals surface area contributed by atoms with Gasteiger partial charge in [0.15, 0.2) is 0 Å². The molecule has 0 aliphatic heterocycles. The van der Waals surface area contributed by atoms with Crippen LogP contribution in [-0.4, -0.2) is 8.42 Å². The fourth-order valence-electron chi connectivity index (χ4n) is 1.76. The highest BCUT2D eigenvalue weighted by atomic mass is 79.9. The number of hydrogen-bond donors (Lipinski definition) is 1. The Morgan fingerprint density at radius 2 is 1.68 bits per heavy atom. The maximum absolute atomic E-state index is 12.4. The van der Waals surface area contributed by atoms with Crippen molar-refractivity contribution < 1.29 is 8.42 Å². The zero-order chi connectivity index (χ0) is 14.0. The van der Waals surface area contributed by atoms with Crippen LogP contribution in [0.2, 0.25) is 0 Å². The molecule has 0 fully saturated rings. The van der Waals surface area contributed by atoms with Gasteiger partial charge in [-0.05, 0) is 43.2 Å². The summed E-state index contributed by atoms with van der Waals surface area (Å²) >= 11 is 3.34. The molecule has 1 N–H and O–H groups in total. The Kier molecular flexibility index (Phi) is 3.96. The predicted molar refractivity (Wildman–Crippen MR) is 80.9 cm³/mol. The highest BCUT2D eigenvalue weighted by Crippen LogP contribution is 2.24. The number of halogens is 1. The topological polar surface area (TPSA) is 46.2 Å². The van der Waals surface area contributed by atoms with Gasteiger partial charge < -0.3 is 0 Å². The predicted octanol–water partition coefficient (Wildman–Crippen LogP) is 3.87. The van der Waals surface area contributed by atoms with Gasteiger partial charge in [0.05, 0.1) is 10.6 Å². The Morgan fingerprint density at radius 1 is 1.00 bits per heavy atom. The molecule has 0 radical (unpaired) electrons. The minimum absolute atomic E-state index is 0.300. The molecule has 2 aromatic rings. The van der Waals surface area contributed by atoms with Gasteiger partial charge in [0, 0.05) is 4.47 Å². The lowest BCUT2D eigenvalue weighted by Crippen LogP contribution is -2.14. The molecule has 0 spiro atoms. The minimum atomic E-state index is -3.55. The summed E-state index contributed by atoms with van der Waals surface area (Å²) in [5, 5.41) is 0. The Hall–Kier alpha value is -1.33. The average Bonchev–Trinajstić information content (AvgIpc) is 2.34. The number of anilines is 1. The minimum Gasteiger partial charge on any atom is -0.279 e. The fraction of sp³-hybridized carbons (Fsp3) is 0.143. The Morgan fingerprint density at radius 3 is 2.37 bits per heavy atom. The normalized spacial score (nSPS) is 11.3. The van der Waals surface area contributed by atoms with Crippen molar-refractivity contribution in [3.05, 3.63) is 58.1 Å². The second-order valence-electron chi connectivity index (χ2n) is 4.33. The molecule has 0 aliphatic rings. The highest BCUT2D eigenvalue weighted by Gasteiger charge is 2.17. The largest absolute Gasteiger partial charge is 0.279 e. The molecule has 0 saturated carbocycles. The van der Waals surface area contributed by atoms with Gasteiger partial charge in [-0.15, -0.1) is 0 Å². The molecule has 0 aliphatic carbocycles. The third kappa shape index (κ3) is 3.16. The molecule has 0 aromatic heterocycles. The van der Waals surface area contributed by atoms with Crippen LogP contribution >= 0.6 is 15.9 Å². The van der Waals surface area contributed by atoms with E-state index >= 15 is 0 Å². The van der Waals surface area contributed by atoms with Crippen LogP contribution in [0.25, 0.3) is 0 Å². The standard InChI is InChI=1S/C14H14BrNO2S/c1-10-7-8-12(15)9-13(10)16-19(17,18)14-6-4-3-5-11(14)2/h3-9,16H,1-2H3. The Labute approximate surface area is 121 Å². The first-order valence-electron chi connectivity index (χ1n) is 5.75. The van der Waals surface area contributed by atoms with E-state index < -0.39 is 10.0 Å². The molecule has 19 heavy (non-hydrogen) atoms. The molecule has 0 saturated heterocycles. The van der Waals surface area contributed by atoms with Crippen molar-refractivity contribution in [1.82, 2.24) is 0 Å². The number of aryl methyl sites for hydroxylation is 2. The van der Waals surface area contributed by atoms with Crippen molar-refractivity contribution in [1.29, 1.82) is 0 Å². The van der Waals surface area contributed by atoms with Crippen LogP contribution in [0.3, 0.4) is 0 Å². The summed E-state index contributed by atoms with van der Waals surface area (Å²) in [5.74, 6) is 0. The number of hydrogen-bond acceptors (Lipinski definition) is 2. The number of sulfonamides is 1. The fourth-order valence-corrected chi connectivity index (χ4v) is 3.49. The van der Waals surface area contributed by atoms with Crippen LogP contribution in [-0.2, 0) is 10.0 Å². The molecule has 2 aromatic carbocycles. The first-order valence-corrected chi connectivity index (χ1v) is 8.02. The summed E-state index contributed by atoms with van der Waals surface area (Å²) in [4.78, 5) is 0.300. The van der Waals surface area contributed by atoms with E-state index in [9.17, 15) is 8.42 Å². The van der Waals surface area contributed by atoms with Gasteiger partial charge >= 0.3 is 0 Å². The van der Waals surface area contributed by atoms with Crippen LogP contribution in [0.15, 0.2) is 51.8 Å². The second kappa shape index (κ2) is 5.35. The number of rotatable bonds is 3. The molecule has 0 heterocycles. The first-order chi connectivity index (χ1) is 8.90. The van der Waals surface area contributed by atoms with Crippen LogP contribution in [0, 0.1) is 13.8 Å². The highest BCUT2D eigenvalue weighted by molar-refractivity contribution is 9.10. The van der Waals surface area contributed by atoms with Crippen molar-refractivity contribution in [2.45, 2.75) is 18.7 Å². The molecule has 100 valence electrons.